The Labute approximate surface area is 103 Å². The Hall–Kier alpha value is -1.06. The Bertz CT molecular complexity index is 278. The van der Waals surface area contributed by atoms with Crippen LogP contribution >= 0.6 is 0 Å². The number of nitrogens with zero attached hydrogens (tertiary/aromatic N) is 1. The monoisotopic (exact) mass is 241 g/mol. The average molecular weight is 241 g/mol. The van der Waals surface area contributed by atoms with Gasteiger partial charge in [-0.15, -0.1) is 0 Å². The van der Waals surface area contributed by atoms with Gasteiger partial charge in [-0.05, 0) is 19.3 Å². The quantitative estimate of drug-likeness (QED) is 0.405. The maximum absolute atomic E-state index is 11.9. The zero-order valence-electron chi connectivity index (χ0n) is 11.1. The van der Waals surface area contributed by atoms with Crippen LogP contribution in [0.5, 0.6) is 0 Å². The molecular weight excluding hydrogens is 218 g/mol. The van der Waals surface area contributed by atoms with Crippen molar-refractivity contribution in [3.8, 4) is 0 Å². The molecule has 0 aromatic carbocycles. The number of hydrogen-bond donors (Lipinski definition) is 0. The van der Waals surface area contributed by atoms with Gasteiger partial charge >= 0.3 is 5.97 Å². The number of unbranched alkanes of at least 4 members (excludes halogenated alkanes) is 2. The van der Waals surface area contributed by atoms with Crippen LogP contribution in [0, 0.1) is 11.8 Å². The fourth-order valence-corrected chi connectivity index (χ4v) is 2.43. The van der Waals surface area contributed by atoms with Crippen LogP contribution in [0.25, 0.3) is 0 Å². The summed E-state index contributed by atoms with van der Waals surface area (Å²) in [5, 5.41) is 0. The molecule has 1 rings (SSSR count). The molecule has 0 aromatic heterocycles. The second kappa shape index (κ2) is 6.62. The lowest BCUT2D eigenvalue weighted by Crippen LogP contribution is -2.30. The molecule has 17 heavy (non-hydrogen) atoms. The van der Waals surface area contributed by atoms with Crippen molar-refractivity contribution < 1.29 is 14.3 Å². The van der Waals surface area contributed by atoms with Gasteiger partial charge in [-0.3, -0.25) is 9.59 Å². The zero-order valence-corrected chi connectivity index (χ0v) is 11.1. The van der Waals surface area contributed by atoms with Gasteiger partial charge < -0.3 is 9.64 Å². The molecule has 1 aliphatic heterocycles. The summed E-state index contributed by atoms with van der Waals surface area (Å²) in [6.45, 7) is 4.95. The highest BCUT2D eigenvalue weighted by molar-refractivity contribution is 5.99. The normalized spacial score (nSPS) is 24.2. The highest BCUT2D eigenvalue weighted by Crippen LogP contribution is 2.29. The van der Waals surface area contributed by atoms with Crippen molar-refractivity contribution in [3.05, 3.63) is 0 Å². The number of amides is 1. The summed E-state index contributed by atoms with van der Waals surface area (Å²) in [5.41, 5.74) is 0. The van der Waals surface area contributed by atoms with Crippen molar-refractivity contribution in [1.82, 2.24) is 4.90 Å². The van der Waals surface area contributed by atoms with Gasteiger partial charge in [-0.25, -0.2) is 0 Å². The molecule has 0 spiro atoms. The van der Waals surface area contributed by atoms with E-state index in [1.54, 1.807) is 18.9 Å². The number of carbonyl (C=O) groups excluding carboxylic acids is 2. The molecule has 1 amide bonds. The molecule has 1 fully saturated rings. The van der Waals surface area contributed by atoms with E-state index in [-0.39, 0.29) is 17.8 Å². The lowest BCUT2D eigenvalue weighted by molar-refractivity contribution is -0.153. The number of likely N-dealkylation sites (tertiary alicyclic amines) is 1. The van der Waals surface area contributed by atoms with E-state index < -0.39 is 5.92 Å². The molecule has 1 heterocycles. The molecule has 2 atom stereocenters. The standard InChI is InChI=1S/C13H23NO3/c1-4-6-7-8-10-9-14(3)12(15)11(10)13(16)17-5-2/h10-11H,4-9H2,1-3H3/t10-,11?/m0/s1. The molecule has 98 valence electrons. The molecule has 0 saturated carbocycles. The van der Waals surface area contributed by atoms with Crippen molar-refractivity contribution >= 4 is 11.9 Å². The van der Waals surface area contributed by atoms with Crippen molar-refractivity contribution in [3.63, 3.8) is 0 Å². The van der Waals surface area contributed by atoms with Crippen molar-refractivity contribution in [2.24, 2.45) is 11.8 Å². The van der Waals surface area contributed by atoms with Crippen LogP contribution < -0.4 is 0 Å². The number of rotatable bonds is 6. The summed E-state index contributed by atoms with van der Waals surface area (Å²) in [7, 11) is 1.76. The molecule has 0 bridgehead atoms. The first-order valence-electron chi connectivity index (χ1n) is 6.53. The van der Waals surface area contributed by atoms with Crippen LogP contribution in [0.4, 0.5) is 0 Å². The highest BCUT2D eigenvalue weighted by atomic mass is 16.5. The molecule has 0 N–H and O–H groups in total. The lowest BCUT2D eigenvalue weighted by Gasteiger charge is -2.14. The molecule has 0 aromatic rings. The summed E-state index contributed by atoms with van der Waals surface area (Å²) in [5.74, 6) is -0.844. The summed E-state index contributed by atoms with van der Waals surface area (Å²) >= 11 is 0. The first kappa shape index (κ1) is 14.0. The van der Waals surface area contributed by atoms with E-state index in [1.807, 2.05) is 0 Å². The maximum Gasteiger partial charge on any atom is 0.318 e. The molecule has 4 heteroatoms. The van der Waals surface area contributed by atoms with Gasteiger partial charge in [0.25, 0.3) is 0 Å². The molecule has 0 aliphatic carbocycles. The molecule has 1 unspecified atom stereocenters. The Balaban J connectivity index is 2.60. The van der Waals surface area contributed by atoms with Crippen molar-refractivity contribution in [2.75, 3.05) is 20.2 Å². The van der Waals surface area contributed by atoms with E-state index in [0.717, 1.165) is 25.7 Å². The Morgan fingerprint density at radius 3 is 2.71 bits per heavy atom. The predicted molar refractivity (Wildman–Crippen MR) is 65.4 cm³/mol. The minimum Gasteiger partial charge on any atom is -0.465 e. The summed E-state index contributed by atoms with van der Waals surface area (Å²) in [6, 6.07) is 0. The van der Waals surface area contributed by atoms with Crippen molar-refractivity contribution in [1.29, 1.82) is 0 Å². The van der Waals surface area contributed by atoms with Crippen LogP contribution in [-0.4, -0.2) is 37.0 Å². The third-order valence-corrected chi connectivity index (χ3v) is 3.34. The number of hydrogen-bond acceptors (Lipinski definition) is 3. The minimum absolute atomic E-state index is 0.0788. The lowest BCUT2D eigenvalue weighted by atomic mass is 9.90. The Kier molecular flexibility index (Phi) is 5.45. The number of ether oxygens (including phenoxy) is 1. The van der Waals surface area contributed by atoms with Crippen LogP contribution in [-0.2, 0) is 14.3 Å². The van der Waals surface area contributed by atoms with Crippen LogP contribution in [0.15, 0.2) is 0 Å². The van der Waals surface area contributed by atoms with E-state index in [2.05, 4.69) is 6.92 Å². The predicted octanol–water partition coefficient (Wildman–Crippen LogP) is 1.83. The molecular formula is C13H23NO3. The van der Waals surface area contributed by atoms with E-state index in [9.17, 15) is 9.59 Å². The SMILES string of the molecule is CCCCC[C@H]1CN(C)C(=O)C1C(=O)OCC. The van der Waals surface area contributed by atoms with E-state index in [1.165, 1.54) is 0 Å². The zero-order chi connectivity index (χ0) is 12.8. The largest absolute Gasteiger partial charge is 0.465 e. The Morgan fingerprint density at radius 1 is 1.41 bits per heavy atom. The fourth-order valence-electron chi connectivity index (χ4n) is 2.43. The van der Waals surface area contributed by atoms with Gasteiger partial charge in [0.1, 0.15) is 5.92 Å². The van der Waals surface area contributed by atoms with E-state index >= 15 is 0 Å². The molecule has 4 nitrogen and oxygen atoms in total. The highest BCUT2D eigenvalue weighted by Gasteiger charge is 2.43. The van der Waals surface area contributed by atoms with Crippen LogP contribution in [0.3, 0.4) is 0 Å². The van der Waals surface area contributed by atoms with Crippen LogP contribution in [0.1, 0.15) is 39.5 Å². The summed E-state index contributed by atoms with van der Waals surface area (Å²) in [4.78, 5) is 25.3. The van der Waals surface area contributed by atoms with Crippen LogP contribution in [0.2, 0.25) is 0 Å². The van der Waals surface area contributed by atoms with Gasteiger partial charge in [0, 0.05) is 13.6 Å². The topological polar surface area (TPSA) is 46.6 Å². The third-order valence-electron chi connectivity index (χ3n) is 3.34. The van der Waals surface area contributed by atoms with Gasteiger partial charge in [-0.2, -0.15) is 0 Å². The number of carbonyl (C=O) groups is 2. The van der Waals surface area contributed by atoms with Gasteiger partial charge in [0.05, 0.1) is 6.61 Å². The molecule has 1 saturated heterocycles. The first-order valence-corrected chi connectivity index (χ1v) is 6.53. The number of esters is 1. The van der Waals surface area contributed by atoms with Gasteiger partial charge in [0.2, 0.25) is 5.91 Å². The summed E-state index contributed by atoms with van der Waals surface area (Å²) in [6.07, 6.45) is 4.33. The first-order chi connectivity index (χ1) is 8.11. The molecule has 1 aliphatic rings. The maximum atomic E-state index is 11.9. The second-order valence-corrected chi connectivity index (χ2v) is 4.70. The van der Waals surface area contributed by atoms with Crippen molar-refractivity contribution in [2.45, 2.75) is 39.5 Å². The fraction of sp³-hybridized carbons (Fsp3) is 0.846. The van der Waals surface area contributed by atoms with Gasteiger partial charge in [-0.1, -0.05) is 26.2 Å². The van der Waals surface area contributed by atoms with E-state index in [0.29, 0.717) is 13.2 Å². The average Bonchev–Trinajstić information content (AvgIpc) is 2.56. The van der Waals surface area contributed by atoms with Gasteiger partial charge in [0.15, 0.2) is 0 Å². The minimum atomic E-state index is -0.559. The smallest absolute Gasteiger partial charge is 0.318 e. The summed E-state index contributed by atoms with van der Waals surface area (Å²) < 4.78 is 4.99. The second-order valence-electron chi connectivity index (χ2n) is 4.70. The Morgan fingerprint density at radius 2 is 2.12 bits per heavy atom. The van der Waals surface area contributed by atoms with E-state index in [4.69, 9.17) is 4.74 Å². The molecule has 0 radical (unpaired) electrons. The third kappa shape index (κ3) is 3.45.